The first-order valence-electron chi connectivity index (χ1n) is 6.17. The molecule has 92 valence electrons. The van der Waals surface area contributed by atoms with Gasteiger partial charge in [-0.05, 0) is 32.6 Å². The molecule has 1 atom stereocenters. The Morgan fingerprint density at radius 1 is 1.47 bits per heavy atom. The largest absolute Gasteiger partial charge is 0.329 e. The molecule has 0 fully saturated rings. The fourth-order valence-electron chi connectivity index (χ4n) is 2.48. The molecule has 0 saturated carbocycles. The van der Waals surface area contributed by atoms with Crippen LogP contribution >= 0.6 is 0 Å². The second-order valence-corrected chi connectivity index (χ2v) is 4.72. The van der Waals surface area contributed by atoms with E-state index in [-0.39, 0.29) is 11.2 Å². The lowest BCUT2D eigenvalue weighted by Gasteiger charge is -2.22. The lowest BCUT2D eigenvalue weighted by molar-refractivity contribution is 0.571. The van der Waals surface area contributed by atoms with Gasteiger partial charge in [0.05, 0.1) is 0 Å². The van der Waals surface area contributed by atoms with E-state index in [1.807, 2.05) is 6.92 Å². The molecule has 0 spiro atoms. The van der Waals surface area contributed by atoms with Crippen LogP contribution in [0.3, 0.4) is 0 Å². The summed E-state index contributed by atoms with van der Waals surface area (Å²) in [6, 6.07) is 0. The molecule has 2 rings (SSSR count). The number of hydrogen-bond donors (Lipinski definition) is 3. The molecular weight excluding hydrogens is 214 g/mol. The molecule has 4 nitrogen and oxygen atoms in total. The van der Waals surface area contributed by atoms with Crippen molar-refractivity contribution in [1.29, 1.82) is 5.41 Å². The normalized spacial score (nSPS) is 20.1. The summed E-state index contributed by atoms with van der Waals surface area (Å²) in [4.78, 5) is 17.3. The Bertz CT molecular complexity index is 551. The van der Waals surface area contributed by atoms with E-state index in [0.29, 0.717) is 12.3 Å². The topological polar surface area (TPSA) is 72.5 Å². The van der Waals surface area contributed by atoms with Gasteiger partial charge in [0.25, 0.3) is 5.56 Å². The van der Waals surface area contributed by atoms with Crippen molar-refractivity contribution in [2.45, 2.75) is 45.4 Å². The van der Waals surface area contributed by atoms with Crippen LogP contribution < -0.4 is 11.2 Å². The highest BCUT2D eigenvalue weighted by Crippen LogP contribution is 2.31. The van der Waals surface area contributed by atoms with E-state index in [1.165, 1.54) is 5.57 Å². The maximum Gasteiger partial charge on any atom is 0.255 e. The van der Waals surface area contributed by atoms with Crippen LogP contribution in [0.2, 0.25) is 0 Å². The fourth-order valence-corrected chi connectivity index (χ4v) is 2.48. The van der Waals surface area contributed by atoms with Gasteiger partial charge in [-0.3, -0.25) is 15.2 Å². The van der Waals surface area contributed by atoms with E-state index in [9.17, 15) is 4.79 Å². The van der Waals surface area contributed by atoms with Crippen molar-refractivity contribution in [2.24, 2.45) is 0 Å². The van der Waals surface area contributed by atoms with Crippen molar-refractivity contribution in [1.82, 2.24) is 9.97 Å². The summed E-state index contributed by atoms with van der Waals surface area (Å²) in [5.74, 6) is 0.361. The number of aromatic amines is 2. The third-order valence-electron chi connectivity index (χ3n) is 3.50. The molecule has 1 unspecified atom stereocenters. The van der Waals surface area contributed by atoms with Gasteiger partial charge in [-0.2, -0.15) is 0 Å². The van der Waals surface area contributed by atoms with Crippen LogP contribution in [0.1, 0.15) is 50.3 Å². The van der Waals surface area contributed by atoms with Gasteiger partial charge in [-0.1, -0.05) is 18.6 Å². The average Bonchev–Trinajstić information content (AvgIpc) is 2.29. The molecule has 1 aromatic rings. The first-order chi connectivity index (χ1) is 8.11. The maximum atomic E-state index is 11.8. The maximum absolute atomic E-state index is 11.8. The van der Waals surface area contributed by atoms with E-state index in [1.54, 1.807) is 0 Å². The van der Waals surface area contributed by atoms with Crippen molar-refractivity contribution in [3.8, 4) is 0 Å². The molecule has 1 aliphatic rings. The molecule has 1 heterocycles. The zero-order chi connectivity index (χ0) is 12.4. The molecule has 0 bridgehead atoms. The predicted octanol–water partition coefficient (Wildman–Crippen LogP) is 1.96. The second kappa shape index (κ2) is 4.73. The van der Waals surface area contributed by atoms with Gasteiger partial charge in [0.1, 0.15) is 0 Å². The number of allylic oxidation sites excluding steroid dienone is 2. The minimum atomic E-state index is -0.113. The highest BCUT2D eigenvalue weighted by Gasteiger charge is 2.19. The monoisotopic (exact) mass is 233 g/mol. The third-order valence-corrected chi connectivity index (χ3v) is 3.50. The summed E-state index contributed by atoms with van der Waals surface area (Å²) in [7, 11) is 0. The predicted molar refractivity (Wildman–Crippen MR) is 67.0 cm³/mol. The number of nitrogens with one attached hydrogen (secondary N) is 3. The van der Waals surface area contributed by atoms with E-state index in [2.05, 4.69) is 23.0 Å². The van der Waals surface area contributed by atoms with Crippen LogP contribution in [0, 0.1) is 5.41 Å². The van der Waals surface area contributed by atoms with E-state index < -0.39 is 0 Å². The first kappa shape index (κ1) is 11.9. The van der Waals surface area contributed by atoms with Gasteiger partial charge in [0.15, 0.2) is 5.62 Å². The van der Waals surface area contributed by atoms with E-state index in [4.69, 9.17) is 5.41 Å². The van der Waals surface area contributed by atoms with Crippen LogP contribution in [0.4, 0.5) is 0 Å². The lowest BCUT2D eigenvalue weighted by atomic mass is 9.86. The van der Waals surface area contributed by atoms with Gasteiger partial charge in [-0.25, -0.2) is 0 Å². The zero-order valence-corrected chi connectivity index (χ0v) is 10.4. The van der Waals surface area contributed by atoms with Crippen LogP contribution in [0.15, 0.2) is 16.4 Å². The average molecular weight is 233 g/mol. The Balaban J connectivity index is 2.45. The second-order valence-electron chi connectivity index (χ2n) is 4.72. The minimum absolute atomic E-state index is 0.105. The van der Waals surface area contributed by atoms with Crippen LogP contribution in [0.5, 0.6) is 0 Å². The Labute approximate surface area is 100 Å². The summed E-state index contributed by atoms with van der Waals surface area (Å²) in [5, 5.41) is 7.58. The first-order valence-corrected chi connectivity index (χ1v) is 6.17. The molecule has 1 aromatic heterocycles. The zero-order valence-electron chi connectivity index (χ0n) is 10.4. The highest BCUT2D eigenvalue weighted by atomic mass is 16.1. The molecule has 17 heavy (non-hydrogen) atoms. The number of aromatic nitrogens is 2. The van der Waals surface area contributed by atoms with Gasteiger partial charge in [-0.15, -0.1) is 0 Å². The lowest BCUT2D eigenvalue weighted by Crippen LogP contribution is -2.29. The molecule has 0 aliphatic heterocycles. The molecule has 4 heteroatoms. The van der Waals surface area contributed by atoms with Crippen LogP contribution in [0.25, 0.3) is 0 Å². The van der Waals surface area contributed by atoms with Crippen molar-refractivity contribution >= 4 is 0 Å². The van der Waals surface area contributed by atoms with Crippen molar-refractivity contribution in [3.05, 3.63) is 38.9 Å². The molecule has 0 radical (unpaired) electrons. The van der Waals surface area contributed by atoms with Gasteiger partial charge >= 0.3 is 0 Å². The van der Waals surface area contributed by atoms with Crippen molar-refractivity contribution in [2.75, 3.05) is 0 Å². The molecule has 0 aromatic carbocycles. The summed E-state index contributed by atoms with van der Waals surface area (Å²) < 4.78 is 0. The molecule has 3 N–H and O–H groups in total. The standard InChI is InChI=1S/C13H19N3O/c1-3-10-11(15-13(14)16-12(10)17)9-6-4-8(2)5-7-9/h4,9H,3,5-7H2,1-2H3,(H3,14,15,16,17). The Hall–Kier alpha value is -1.58. The van der Waals surface area contributed by atoms with Crippen LogP contribution in [-0.4, -0.2) is 9.97 Å². The number of hydrogen-bond acceptors (Lipinski definition) is 2. The smallest absolute Gasteiger partial charge is 0.255 e. The fraction of sp³-hybridized carbons (Fsp3) is 0.538. The SMILES string of the molecule is CCc1c(C2CC=C(C)CC2)[nH]c(=N)[nH]c1=O. The number of H-pyrrole nitrogens is 2. The molecular formula is C13H19N3O. The Morgan fingerprint density at radius 3 is 2.82 bits per heavy atom. The quantitative estimate of drug-likeness (QED) is 0.671. The molecule has 0 amide bonds. The van der Waals surface area contributed by atoms with Crippen molar-refractivity contribution in [3.63, 3.8) is 0 Å². The van der Waals surface area contributed by atoms with Gasteiger partial charge in [0.2, 0.25) is 0 Å². The Morgan fingerprint density at radius 2 is 2.24 bits per heavy atom. The van der Waals surface area contributed by atoms with Crippen molar-refractivity contribution < 1.29 is 0 Å². The van der Waals surface area contributed by atoms with Gasteiger partial charge < -0.3 is 4.98 Å². The third kappa shape index (κ3) is 2.40. The Kier molecular flexibility index (Phi) is 3.31. The molecule has 0 saturated heterocycles. The summed E-state index contributed by atoms with van der Waals surface area (Å²) in [6.07, 6.45) is 6.07. The minimum Gasteiger partial charge on any atom is -0.329 e. The van der Waals surface area contributed by atoms with E-state index >= 15 is 0 Å². The summed E-state index contributed by atoms with van der Waals surface area (Å²) in [5.41, 5.74) is 3.19. The summed E-state index contributed by atoms with van der Waals surface area (Å²) >= 11 is 0. The summed E-state index contributed by atoms with van der Waals surface area (Å²) in [6.45, 7) is 4.13. The number of rotatable bonds is 2. The van der Waals surface area contributed by atoms with Gasteiger partial charge in [0, 0.05) is 17.2 Å². The van der Waals surface area contributed by atoms with Crippen LogP contribution in [-0.2, 0) is 6.42 Å². The van der Waals surface area contributed by atoms with E-state index in [0.717, 1.165) is 30.5 Å². The molecule has 1 aliphatic carbocycles. The highest BCUT2D eigenvalue weighted by molar-refractivity contribution is 5.23.